The summed E-state index contributed by atoms with van der Waals surface area (Å²) in [5, 5.41) is 20.1. The van der Waals surface area contributed by atoms with Gasteiger partial charge in [0, 0.05) is 13.1 Å². The molecule has 1 heterocycles. The van der Waals surface area contributed by atoms with E-state index in [1.54, 1.807) is 41.5 Å². The first-order chi connectivity index (χ1) is 23.1. The summed E-state index contributed by atoms with van der Waals surface area (Å²) in [5.41, 5.74) is -1.80. The van der Waals surface area contributed by atoms with E-state index < -0.39 is 76.8 Å². The lowest BCUT2D eigenvalue weighted by atomic mass is 9.85. The van der Waals surface area contributed by atoms with Gasteiger partial charge in [0.1, 0.15) is 17.7 Å². The molecule has 0 aromatic rings. The summed E-state index contributed by atoms with van der Waals surface area (Å²) in [6.45, 7) is 14.7. The number of carbonyl (C=O) groups is 7. The van der Waals surface area contributed by atoms with Gasteiger partial charge in [0.05, 0.1) is 19.1 Å². The van der Waals surface area contributed by atoms with Gasteiger partial charge in [0.2, 0.25) is 23.8 Å². The maximum absolute atomic E-state index is 14.2. The first kappa shape index (κ1) is 39.0. The lowest BCUT2D eigenvalue weighted by molar-refractivity contribution is -0.155. The average Bonchev–Trinajstić information content (AvgIpc) is 3.95. The quantitative estimate of drug-likeness (QED) is 0.0933. The number of esters is 2. The van der Waals surface area contributed by atoms with E-state index in [9.17, 15) is 38.7 Å². The fourth-order valence-corrected chi connectivity index (χ4v) is 6.64. The number of ketones is 1. The Labute approximate surface area is 293 Å². The molecule has 50 heavy (non-hydrogen) atoms. The van der Waals surface area contributed by atoms with Crippen molar-refractivity contribution in [1.82, 2.24) is 26.2 Å². The molecule has 15 nitrogen and oxygen atoms in total. The lowest BCUT2D eigenvalue weighted by Gasteiger charge is -2.38. The van der Waals surface area contributed by atoms with Crippen molar-refractivity contribution in [3.63, 3.8) is 0 Å². The fraction of sp³-hybridized carbons (Fsp3) is 0.800. The van der Waals surface area contributed by atoms with Crippen LogP contribution in [0.5, 0.6) is 0 Å². The molecule has 0 aromatic carbocycles. The number of fused-ring (bicyclic) bond motifs is 1. The molecular formula is C35H55N5O10. The van der Waals surface area contributed by atoms with Gasteiger partial charge in [-0.05, 0) is 74.5 Å². The Hall–Kier alpha value is -3.75. The Bertz CT molecular complexity index is 1360. The number of likely N-dealkylation sites (tertiary alicyclic amines) is 1. The molecule has 280 valence electrons. The van der Waals surface area contributed by atoms with E-state index in [0.717, 1.165) is 25.7 Å². The summed E-state index contributed by atoms with van der Waals surface area (Å²) >= 11 is 0. The number of amides is 5. The number of Topliss-reactive ketones (excluding diaryl/α,β-unsaturated/α-hetero) is 1. The second-order valence-electron chi connectivity index (χ2n) is 17.0. The van der Waals surface area contributed by atoms with E-state index in [1.807, 2.05) is 13.8 Å². The second kappa shape index (κ2) is 14.8. The normalized spacial score (nSPS) is 24.1. The Morgan fingerprint density at radius 1 is 0.900 bits per heavy atom. The van der Waals surface area contributed by atoms with E-state index in [-0.39, 0.29) is 61.6 Å². The van der Waals surface area contributed by atoms with Crippen molar-refractivity contribution in [2.24, 2.45) is 34.5 Å². The van der Waals surface area contributed by atoms with Gasteiger partial charge in [0.15, 0.2) is 0 Å². The largest absolute Gasteiger partial charge is 0.462 e. The SMILES string of the molecule is CC(C)(C)OC(=O)CCNC(=O)C(=O)C(CC1CC1)NC(=O)[C@@H]1[C@@H]2[C@H](CN1C(=O)[C@@H](NC(=O)N[C@@H](O)C(=O)OCC1CC1)C(C)(C)C)C2(C)C. The van der Waals surface area contributed by atoms with E-state index in [4.69, 9.17) is 9.47 Å². The molecule has 4 aliphatic rings. The second-order valence-corrected chi connectivity index (χ2v) is 17.0. The molecule has 0 radical (unpaired) electrons. The molecule has 0 aromatic heterocycles. The molecule has 3 saturated carbocycles. The average molecular weight is 706 g/mol. The highest BCUT2D eigenvalue weighted by atomic mass is 16.6. The van der Waals surface area contributed by atoms with Crippen LogP contribution >= 0.6 is 0 Å². The Kier molecular flexibility index (Phi) is 11.6. The molecule has 1 saturated heterocycles. The number of aliphatic hydroxyl groups is 1. The monoisotopic (exact) mass is 705 g/mol. The number of piperidine rings is 1. The zero-order valence-electron chi connectivity index (χ0n) is 30.6. The third-order valence-corrected chi connectivity index (χ3v) is 9.96. The van der Waals surface area contributed by atoms with Crippen molar-refractivity contribution in [3.8, 4) is 0 Å². The molecule has 15 heteroatoms. The van der Waals surface area contributed by atoms with Crippen LogP contribution in [0.15, 0.2) is 0 Å². The molecule has 4 rings (SSSR count). The maximum Gasteiger partial charge on any atom is 0.356 e. The number of ether oxygens (including phenoxy) is 2. The Balaban J connectivity index is 1.42. The molecule has 5 amide bonds. The van der Waals surface area contributed by atoms with Crippen LogP contribution < -0.4 is 21.3 Å². The fourth-order valence-electron chi connectivity index (χ4n) is 6.64. The van der Waals surface area contributed by atoms with E-state index in [1.165, 1.54) is 4.90 Å². The zero-order valence-corrected chi connectivity index (χ0v) is 30.6. The van der Waals surface area contributed by atoms with Gasteiger partial charge in [-0.3, -0.25) is 24.0 Å². The van der Waals surface area contributed by atoms with Gasteiger partial charge in [-0.25, -0.2) is 9.59 Å². The first-order valence-electron chi connectivity index (χ1n) is 17.7. The molecule has 4 fully saturated rings. The van der Waals surface area contributed by atoms with E-state index in [2.05, 4.69) is 21.3 Å². The van der Waals surface area contributed by atoms with Gasteiger partial charge < -0.3 is 40.7 Å². The van der Waals surface area contributed by atoms with Crippen LogP contribution in [0.3, 0.4) is 0 Å². The molecule has 3 aliphatic carbocycles. The smallest absolute Gasteiger partial charge is 0.356 e. The zero-order chi connectivity index (χ0) is 37.3. The number of aliphatic hydroxyl groups excluding tert-OH is 1. The highest BCUT2D eigenvalue weighted by Gasteiger charge is 2.70. The van der Waals surface area contributed by atoms with Crippen LogP contribution in [-0.4, -0.2) is 101 Å². The number of nitrogens with one attached hydrogen (secondary N) is 4. The number of hydrogen-bond acceptors (Lipinski definition) is 10. The third-order valence-electron chi connectivity index (χ3n) is 9.96. The van der Waals surface area contributed by atoms with Crippen molar-refractivity contribution in [2.75, 3.05) is 19.7 Å². The minimum absolute atomic E-state index is 0.00607. The summed E-state index contributed by atoms with van der Waals surface area (Å²) in [4.78, 5) is 92.9. The van der Waals surface area contributed by atoms with Crippen LogP contribution in [0.2, 0.25) is 0 Å². The van der Waals surface area contributed by atoms with Crippen LogP contribution in [0.4, 0.5) is 4.79 Å². The van der Waals surface area contributed by atoms with Crippen molar-refractivity contribution in [2.45, 2.75) is 124 Å². The standard InChI is InChI=1S/C35H55N5O10/c1-33(2,3)26(38-32(48)39-29(45)31(47)49-17-19-11-12-19)30(46)40-16-20-23(35(20,7)8)24(40)27(43)37-21(15-18-9-10-18)25(42)28(44)36-14-13-22(41)50-34(4,5)6/h18-21,23-24,26,29,45H,9-17H2,1-8H3,(H,36,44)(H,37,43)(H2,38,39,48)/t20-,21?,23-,24-,26+,29-/m0/s1. The number of nitrogens with zero attached hydrogens (tertiary/aromatic N) is 1. The number of carbonyl (C=O) groups excluding carboxylic acids is 7. The summed E-state index contributed by atoms with van der Waals surface area (Å²) in [7, 11) is 0. The van der Waals surface area contributed by atoms with Crippen molar-refractivity contribution in [3.05, 3.63) is 0 Å². The molecule has 1 aliphatic heterocycles. The summed E-state index contributed by atoms with van der Waals surface area (Å²) in [5.74, 6) is -4.19. The van der Waals surface area contributed by atoms with Crippen LogP contribution in [0.1, 0.15) is 93.9 Å². The van der Waals surface area contributed by atoms with E-state index in [0.29, 0.717) is 0 Å². The Morgan fingerprint density at radius 2 is 1.52 bits per heavy atom. The highest BCUT2D eigenvalue weighted by molar-refractivity contribution is 6.38. The van der Waals surface area contributed by atoms with Gasteiger partial charge in [-0.1, -0.05) is 47.5 Å². The number of urea groups is 1. The van der Waals surface area contributed by atoms with Gasteiger partial charge >= 0.3 is 18.0 Å². The topological polar surface area (TPSA) is 210 Å². The summed E-state index contributed by atoms with van der Waals surface area (Å²) in [6, 6.07) is -4.22. The predicted octanol–water partition coefficient (Wildman–Crippen LogP) is 1.16. The van der Waals surface area contributed by atoms with Crippen LogP contribution in [0.25, 0.3) is 0 Å². The number of hydrogen-bond donors (Lipinski definition) is 5. The van der Waals surface area contributed by atoms with Crippen molar-refractivity contribution >= 4 is 41.5 Å². The van der Waals surface area contributed by atoms with Crippen molar-refractivity contribution in [1.29, 1.82) is 0 Å². The minimum Gasteiger partial charge on any atom is -0.462 e. The predicted molar refractivity (Wildman–Crippen MR) is 179 cm³/mol. The molecule has 0 bridgehead atoms. The Morgan fingerprint density at radius 3 is 2.08 bits per heavy atom. The summed E-state index contributed by atoms with van der Waals surface area (Å²) in [6.07, 6.45) is 1.80. The van der Waals surface area contributed by atoms with Gasteiger partial charge in [0.25, 0.3) is 5.91 Å². The first-order valence-corrected chi connectivity index (χ1v) is 17.7. The van der Waals surface area contributed by atoms with Gasteiger partial charge in [-0.2, -0.15) is 0 Å². The molecule has 6 atom stereocenters. The van der Waals surface area contributed by atoms with E-state index >= 15 is 0 Å². The highest BCUT2D eigenvalue weighted by Crippen LogP contribution is 2.65. The minimum atomic E-state index is -1.93. The lowest BCUT2D eigenvalue weighted by Crippen LogP contribution is -2.62. The molecule has 5 N–H and O–H groups in total. The molecule has 0 spiro atoms. The third kappa shape index (κ3) is 10.2. The van der Waals surface area contributed by atoms with Crippen LogP contribution in [-0.2, 0) is 38.2 Å². The van der Waals surface area contributed by atoms with Crippen LogP contribution in [0, 0.1) is 34.5 Å². The number of rotatable bonds is 15. The maximum atomic E-state index is 14.2. The van der Waals surface area contributed by atoms with Crippen molar-refractivity contribution < 1.29 is 48.1 Å². The molecule has 1 unspecified atom stereocenters. The molecular weight excluding hydrogens is 650 g/mol. The summed E-state index contributed by atoms with van der Waals surface area (Å²) < 4.78 is 10.3. The van der Waals surface area contributed by atoms with Gasteiger partial charge in [-0.15, -0.1) is 0 Å².